The lowest BCUT2D eigenvalue weighted by Crippen LogP contribution is -2.09. The van der Waals surface area contributed by atoms with Gasteiger partial charge in [-0.1, -0.05) is 18.2 Å². The third kappa shape index (κ3) is 1.60. The predicted octanol–water partition coefficient (Wildman–Crippen LogP) is 3.20. The van der Waals surface area contributed by atoms with Crippen LogP contribution in [0.2, 0.25) is 0 Å². The molecule has 0 amide bonds. The summed E-state index contributed by atoms with van der Waals surface area (Å²) >= 11 is 0. The number of rotatable bonds is 0. The Morgan fingerprint density at radius 1 is 1.25 bits per heavy atom. The molecule has 0 nitrogen and oxygen atoms in total. The molecule has 0 N–H and O–H groups in total. The first-order chi connectivity index (χ1) is 5.43. The van der Waals surface area contributed by atoms with Crippen LogP contribution in [0.15, 0.2) is 18.2 Å². The van der Waals surface area contributed by atoms with Crippen LogP contribution in [0.3, 0.4) is 0 Å². The van der Waals surface area contributed by atoms with Crippen LogP contribution in [-0.4, -0.2) is 0 Å². The van der Waals surface area contributed by atoms with Crippen LogP contribution in [0.25, 0.3) is 0 Å². The van der Waals surface area contributed by atoms with E-state index in [-0.39, 0.29) is 11.1 Å². The molecular formula is C9H8F3. The maximum Gasteiger partial charge on any atom is 0.416 e. The highest BCUT2D eigenvalue weighted by molar-refractivity contribution is 5.38. The maximum absolute atomic E-state index is 12.3. The fourth-order valence-corrected chi connectivity index (χ4v) is 1.13. The van der Waals surface area contributed by atoms with Gasteiger partial charge < -0.3 is 0 Å². The van der Waals surface area contributed by atoms with Crippen molar-refractivity contribution in [2.75, 3.05) is 0 Å². The molecule has 0 saturated carbocycles. The zero-order valence-electron chi connectivity index (χ0n) is 6.57. The number of halogens is 3. The van der Waals surface area contributed by atoms with Crippen LogP contribution in [-0.2, 0) is 6.18 Å². The summed E-state index contributed by atoms with van der Waals surface area (Å²) in [6.45, 7) is 4.76. The van der Waals surface area contributed by atoms with E-state index in [4.69, 9.17) is 0 Å². The van der Waals surface area contributed by atoms with E-state index in [1.54, 1.807) is 6.07 Å². The van der Waals surface area contributed by atoms with Gasteiger partial charge in [0.05, 0.1) is 5.56 Å². The average molecular weight is 173 g/mol. The first-order valence-electron chi connectivity index (χ1n) is 3.41. The van der Waals surface area contributed by atoms with Gasteiger partial charge in [-0.05, 0) is 25.0 Å². The smallest absolute Gasteiger partial charge is 0.166 e. The number of alkyl halides is 3. The van der Waals surface area contributed by atoms with Crippen molar-refractivity contribution in [2.24, 2.45) is 0 Å². The highest BCUT2D eigenvalue weighted by Crippen LogP contribution is 2.33. The quantitative estimate of drug-likeness (QED) is 0.565. The van der Waals surface area contributed by atoms with Gasteiger partial charge in [0, 0.05) is 0 Å². The van der Waals surface area contributed by atoms with Crippen molar-refractivity contribution in [3.05, 3.63) is 41.8 Å². The summed E-state index contributed by atoms with van der Waals surface area (Å²) in [6, 6.07) is 4.35. The van der Waals surface area contributed by atoms with Gasteiger partial charge in [-0.3, -0.25) is 0 Å². The van der Waals surface area contributed by atoms with E-state index in [0.29, 0.717) is 0 Å². The van der Waals surface area contributed by atoms with E-state index in [0.717, 1.165) is 0 Å². The van der Waals surface area contributed by atoms with Crippen molar-refractivity contribution in [3.8, 4) is 0 Å². The largest absolute Gasteiger partial charge is 0.416 e. The highest BCUT2D eigenvalue weighted by Gasteiger charge is 2.33. The first-order valence-corrected chi connectivity index (χ1v) is 3.41. The van der Waals surface area contributed by atoms with Gasteiger partial charge in [0.1, 0.15) is 0 Å². The SMILES string of the molecule is [CH2]c1cccc(C)c1C(F)(F)F. The van der Waals surface area contributed by atoms with Crippen molar-refractivity contribution >= 4 is 0 Å². The molecule has 0 fully saturated rings. The van der Waals surface area contributed by atoms with E-state index in [1.807, 2.05) is 0 Å². The van der Waals surface area contributed by atoms with E-state index >= 15 is 0 Å². The minimum atomic E-state index is -4.29. The van der Waals surface area contributed by atoms with Gasteiger partial charge in [0.25, 0.3) is 0 Å². The summed E-state index contributed by atoms with van der Waals surface area (Å²) in [4.78, 5) is 0. The molecule has 65 valence electrons. The lowest BCUT2D eigenvalue weighted by Gasteiger charge is -2.12. The Kier molecular flexibility index (Phi) is 2.13. The fraction of sp³-hybridized carbons (Fsp3) is 0.222. The Morgan fingerprint density at radius 3 is 2.17 bits per heavy atom. The number of benzene rings is 1. The normalized spacial score (nSPS) is 11.8. The molecule has 0 spiro atoms. The molecule has 0 aromatic heterocycles. The number of hydrogen-bond donors (Lipinski definition) is 0. The Labute approximate surface area is 69.0 Å². The third-order valence-corrected chi connectivity index (χ3v) is 1.64. The Balaban J connectivity index is 3.31. The zero-order valence-corrected chi connectivity index (χ0v) is 6.57. The lowest BCUT2D eigenvalue weighted by atomic mass is 10.0. The molecule has 3 heteroatoms. The summed E-state index contributed by atoms with van der Waals surface area (Å²) < 4.78 is 36.8. The van der Waals surface area contributed by atoms with Crippen molar-refractivity contribution in [2.45, 2.75) is 13.1 Å². The fourth-order valence-electron chi connectivity index (χ4n) is 1.13. The lowest BCUT2D eigenvalue weighted by molar-refractivity contribution is -0.138. The molecule has 0 atom stereocenters. The van der Waals surface area contributed by atoms with E-state index in [9.17, 15) is 13.2 Å². The number of hydrogen-bond acceptors (Lipinski definition) is 0. The van der Waals surface area contributed by atoms with Crippen LogP contribution in [0.4, 0.5) is 13.2 Å². The monoisotopic (exact) mass is 173 g/mol. The second kappa shape index (κ2) is 2.81. The van der Waals surface area contributed by atoms with Crippen molar-refractivity contribution in [3.63, 3.8) is 0 Å². The molecule has 1 aromatic rings. The van der Waals surface area contributed by atoms with Gasteiger partial charge >= 0.3 is 6.18 Å². The Hall–Kier alpha value is -0.990. The number of aryl methyl sites for hydroxylation is 1. The summed E-state index contributed by atoms with van der Waals surface area (Å²) in [6.07, 6.45) is -4.29. The molecule has 1 aromatic carbocycles. The molecule has 12 heavy (non-hydrogen) atoms. The summed E-state index contributed by atoms with van der Waals surface area (Å²) in [5.74, 6) is 0. The van der Waals surface area contributed by atoms with Crippen LogP contribution in [0.1, 0.15) is 16.7 Å². The van der Waals surface area contributed by atoms with Crippen molar-refractivity contribution in [1.82, 2.24) is 0 Å². The second-order valence-corrected chi connectivity index (χ2v) is 2.61. The maximum atomic E-state index is 12.3. The van der Waals surface area contributed by atoms with Gasteiger partial charge in [0.2, 0.25) is 0 Å². The molecule has 0 unspecified atom stereocenters. The molecule has 1 rings (SSSR count). The summed E-state index contributed by atoms with van der Waals surface area (Å²) in [5.41, 5.74) is -0.373. The van der Waals surface area contributed by atoms with Crippen LogP contribution < -0.4 is 0 Å². The molecule has 0 aliphatic heterocycles. The van der Waals surface area contributed by atoms with Gasteiger partial charge in [0.15, 0.2) is 0 Å². The predicted molar refractivity (Wildman–Crippen MR) is 40.6 cm³/mol. The van der Waals surface area contributed by atoms with E-state index in [1.165, 1.54) is 19.1 Å². The Morgan fingerprint density at radius 2 is 1.83 bits per heavy atom. The topological polar surface area (TPSA) is 0 Å². The van der Waals surface area contributed by atoms with Crippen LogP contribution >= 0.6 is 0 Å². The zero-order chi connectivity index (χ0) is 9.35. The van der Waals surface area contributed by atoms with Gasteiger partial charge in [-0.15, -0.1) is 0 Å². The highest BCUT2D eigenvalue weighted by atomic mass is 19.4. The van der Waals surface area contributed by atoms with E-state index < -0.39 is 11.7 Å². The molecule has 0 aliphatic rings. The average Bonchev–Trinajstić information content (AvgIpc) is 1.82. The Bertz CT molecular complexity index is 266. The summed E-state index contributed by atoms with van der Waals surface area (Å²) in [5, 5.41) is 0. The molecule has 0 heterocycles. The summed E-state index contributed by atoms with van der Waals surface area (Å²) in [7, 11) is 0. The molecule has 0 bridgehead atoms. The standard InChI is InChI=1S/C9H8F3/c1-6-4-3-5-7(2)8(6)9(10,11)12/h3-5H,1H2,2H3. The second-order valence-electron chi connectivity index (χ2n) is 2.61. The third-order valence-electron chi connectivity index (χ3n) is 1.64. The van der Waals surface area contributed by atoms with E-state index in [2.05, 4.69) is 6.92 Å². The molecule has 1 radical (unpaired) electrons. The van der Waals surface area contributed by atoms with Gasteiger partial charge in [-0.25, -0.2) is 0 Å². The van der Waals surface area contributed by atoms with Crippen molar-refractivity contribution in [1.29, 1.82) is 0 Å². The van der Waals surface area contributed by atoms with Crippen molar-refractivity contribution < 1.29 is 13.2 Å². The van der Waals surface area contributed by atoms with Gasteiger partial charge in [-0.2, -0.15) is 13.2 Å². The van der Waals surface area contributed by atoms with Crippen LogP contribution in [0.5, 0.6) is 0 Å². The minimum absolute atomic E-state index is 0.0301. The molecular weight excluding hydrogens is 165 g/mol. The minimum Gasteiger partial charge on any atom is -0.166 e. The molecule has 0 saturated heterocycles. The van der Waals surface area contributed by atoms with Crippen LogP contribution in [0, 0.1) is 13.8 Å². The first kappa shape index (κ1) is 9.10. The molecule has 0 aliphatic carbocycles.